The Bertz CT molecular complexity index is 1540. The largest absolute Gasteiger partial charge is 0.476 e. The van der Waals surface area contributed by atoms with E-state index in [0.29, 0.717) is 6.41 Å². The summed E-state index contributed by atoms with van der Waals surface area (Å²) in [7, 11) is 0. The lowest BCUT2D eigenvalue weighted by Crippen LogP contribution is -2.54. The van der Waals surface area contributed by atoms with Crippen molar-refractivity contribution in [2.45, 2.75) is 50.4 Å². The van der Waals surface area contributed by atoms with Crippen molar-refractivity contribution in [3.05, 3.63) is 93.0 Å². The molecule has 12 heteroatoms. The van der Waals surface area contributed by atoms with Crippen molar-refractivity contribution >= 4 is 47.2 Å². The summed E-state index contributed by atoms with van der Waals surface area (Å²) in [6, 6.07) is 9.72. The van der Waals surface area contributed by atoms with E-state index in [-0.39, 0.29) is 51.2 Å². The summed E-state index contributed by atoms with van der Waals surface area (Å²) in [4.78, 5) is 37.4. The van der Waals surface area contributed by atoms with Crippen molar-refractivity contribution in [2.75, 3.05) is 11.9 Å². The van der Waals surface area contributed by atoms with E-state index >= 15 is 4.39 Å². The van der Waals surface area contributed by atoms with E-state index in [1.165, 1.54) is 50.2 Å². The molecule has 0 unspecified atom stereocenters. The van der Waals surface area contributed by atoms with Gasteiger partial charge in [-0.3, -0.25) is 9.59 Å². The third-order valence-electron chi connectivity index (χ3n) is 7.04. The average Bonchev–Trinajstić information content (AvgIpc) is 2.92. The zero-order valence-electron chi connectivity index (χ0n) is 22.8. The summed E-state index contributed by atoms with van der Waals surface area (Å²) in [5.74, 6) is -4.14. The Morgan fingerprint density at radius 2 is 1.81 bits per heavy atom. The Morgan fingerprint density at radius 3 is 2.50 bits per heavy atom. The highest BCUT2D eigenvalue weighted by Gasteiger charge is 2.54. The van der Waals surface area contributed by atoms with Crippen LogP contribution in [0.4, 0.5) is 14.5 Å². The molecule has 42 heavy (non-hydrogen) atoms. The number of aliphatic hydroxyl groups is 1. The van der Waals surface area contributed by atoms with Gasteiger partial charge in [-0.2, -0.15) is 0 Å². The molecule has 3 atom stereocenters. The lowest BCUT2D eigenvalue weighted by atomic mass is 9.66. The maximum Gasteiger partial charge on any atom is 0.349 e. The van der Waals surface area contributed by atoms with Crippen molar-refractivity contribution in [2.24, 2.45) is 0 Å². The van der Waals surface area contributed by atoms with Crippen molar-refractivity contribution in [1.82, 2.24) is 5.32 Å². The number of hydrogen-bond acceptors (Lipinski definition) is 6. The van der Waals surface area contributed by atoms with E-state index < -0.39 is 46.7 Å². The molecule has 0 bridgehead atoms. The average molecular weight is 621 g/mol. The molecule has 222 valence electrons. The lowest BCUT2D eigenvalue weighted by molar-refractivity contribution is -0.158. The van der Waals surface area contributed by atoms with Gasteiger partial charge in [0.25, 0.3) is 0 Å². The van der Waals surface area contributed by atoms with E-state index in [1.807, 2.05) is 0 Å². The molecule has 1 aliphatic rings. The first-order chi connectivity index (χ1) is 19.8. The second-order valence-corrected chi connectivity index (χ2v) is 11.1. The Labute approximate surface area is 250 Å². The lowest BCUT2D eigenvalue weighted by Gasteiger charge is -2.47. The molecule has 3 N–H and O–H groups in total. The maximum atomic E-state index is 15.3. The van der Waals surface area contributed by atoms with Gasteiger partial charge in [0.15, 0.2) is 5.60 Å². The van der Waals surface area contributed by atoms with Gasteiger partial charge >= 0.3 is 5.97 Å². The number of rotatable bonds is 9. The molecule has 0 aliphatic carbocycles. The van der Waals surface area contributed by atoms with Crippen LogP contribution in [-0.4, -0.2) is 35.6 Å². The first kappa shape index (κ1) is 31.2. The molecule has 0 radical (unpaired) electrons. The fraction of sp³-hybridized carbons (Fsp3) is 0.300. The monoisotopic (exact) mass is 620 g/mol. The molecule has 3 aromatic carbocycles. The van der Waals surface area contributed by atoms with Crippen LogP contribution in [0, 0.1) is 11.6 Å². The van der Waals surface area contributed by atoms with Gasteiger partial charge in [0.2, 0.25) is 12.3 Å². The van der Waals surface area contributed by atoms with Gasteiger partial charge in [0.1, 0.15) is 23.0 Å². The molecular formula is C30H28Cl2F2N2O6. The molecule has 1 saturated heterocycles. The van der Waals surface area contributed by atoms with Gasteiger partial charge in [0, 0.05) is 44.8 Å². The zero-order valence-corrected chi connectivity index (χ0v) is 24.4. The molecule has 1 fully saturated rings. The summed E-state index contributed by atoms with van der Waals surface area (Å²) in [6.45, 7) is 4.72. The SMILES string of the molecule is CCOC(=O)C(C)(C)Oc1ccc(Cl)cc1[C@H]1CC(=O)N[C@@H](c2cc(F)ccc2F)[C@@]1(O)c1ccc(Cl)cc1NC=O. The topological polar surface area (TPSA) is 114 Å². The number of amides is 2. The summed E-state index contributed by atoms with van der Waals surface area (Å²) in [5, 5.41) is 18.3. The van der Waals surface area contributed by atoms with Crippen molar-refractivity contribution < 1.29 is 37.7 Å². The Kier molecular flexibility index (Phi) is 9.10. The molecule has 0 saturated carbocycles. The van der Waals surface area contributed by atoms with Gasteiger partial charge in [0.05, 0.1) is 12.6 Å². The number of halogens is 4. The molecule has 0 aromatic heterocycles. The summed E-state index contributed by atoms with van der Waals surface area (Å²) < 4.78 is 41.0. The first-order valence-corrected chi connectivity index (χ1v) is 13.7. The Balaban J connectivity index is 2.02. The van der Waals surface area contributed by atoms with E-state index in [1.54, 1.807) is 6.92 Å². The zero-order chi connectivity index (χ0) is 30.8. The second kappa shape index (κ2) is 12.2. The number of ether oxygens (including phenoxy) is 2. The normalized spacial score (nSPS) is 20.4. The van der Waals surface area contributed by atoms with Gasteiger partial charge in [-0.1, -0.05) is 29.3 Å². The van der Waals surface area contributed by atoms with Crippen molar-refractivity contribution in [3.8, 4) is 5.75 Å². The summed E-state index contributed by atoms with van der Waals surface area (Å²) in [6.07, 6.45) is -0.00781. The Morgan fingerprint density at radius 1 is 1.12 bits per heavy atom. The first-order valence-electron chi connectivity index (χ1n) is 12.9. The van der Waals surface area contributed by atoms with Crippen LogP contribution in [0.1, 0.15) is 55.8 Å². The van der Waals surface area contributed by atoms with Crippen LogP contribution in [-0.2, 0) is 24.7 Å². The minimum Gasteiger partial charge on any atom is -0.476 e. The molecular weight excluding hydrogens is 593 g/mol. The number of carbonyl (C=O) groups excluding carboxylic acids is 3. The molecule has 2 amide bonds. The number of esters is 1. The van der Waals surface area contributed by atoms with E-state index in [4.69, 9.17) is 32.7 Å². The third kappa shape index (κ3) is 6.06. The predicted octanol–water partition coefficient (Wildman–Crippen LogP) is 5.79. The minimum absolute atomic E-state index is 0.0354. The fourth-order valence-electron chi connectivity index (χ4n) is 5.17. The number of hydrogen-bond donors (Lipinski definition) is 3. The van der Waals surface area contributed by atoms with Crippen LogP contribution in [0.5, 0.6) is 5.75 Å². The van der Waals surface area contributed by atoms with Crippen LogP contribution in [0.25, 0.3) is 0 Å². The predicted molar refractivity (Wildman–Crippen MR) is 152 cm³/mol. The maximum absolute atomic E-state index is 15.3. The molecule has 1 aliphatic heterocycles. The van der Waals surface area contributed by atoms with Crippen LogP contribution >= 0.6 is 23.2 Å². The van der Waals surface area contributed by atoms with Crippen molar-refractivity contribution in [3.63, 3.8) is 0 Å². The summed E-state index contributed by atoms with van der Waals surface area (Å²) >= 11 is 12.6. The van der Waals surface area contributed by atoms with Gasteiger partial charge in [-0.05, 0) is 69.3 Å². The molecule has 1 heterocycles. The highest BCUT2D eigenvalue weighted by molar-refractivity contribution is 6.31. The third-order valence-corrected chi connectivity index (χ3v) is 7.51. The van der Waals surface area contributed by atoms with Crippen LogP contribution in [0.2, 0.25) is 10.0 Å². The highest BCUT2D eigenvalue weighted by atomic mass is 35.5. The minimum atomic E-state index is -2.27. The van der Waals surface area contributed by atoms with Crippen LogP contribution < -0.4 is 15.4 Å². The smallest absolute Gasteiger partial charge is 0.349 e. The number of carbonyl (C=O) groups is 3. The fourth-order valence-corrected chi connectivity index (χ4v) is 5.52. The molecule has 4 rings (SSSR count). The number of anilines is 1. The van der Waals surface area contributed by atoms with E-state index in [2.05, 4.69) is 10.6 Å². The number of nitrogens with one attached hydrogen (secondary N) is 2. The Hall–Kier alpha value is -3.73. The van der Waals surface area contributed by atoms with E-state index in [9.17, 15) is 23.9 Å². The number of piperidine rings is 1. The summed E-state index contributed by atoms with van der Waals surface area (Å²) in [5.41, 5.74) is -3.85. The molecule has 3 aromatic rings. The van der Waals surface area contributed by atoms with Gasteiger partial charge < -0.3 is 25.2 Å². The van der Waals surface area contributed by atoms with E-state index in [0.717, 1.165) is 18.2 Å². The molecule has 0 spiro atoms. The van der Waals surface area contributed by atoms with Crippen LogP contribution in [0.3, 0.4) is 0 Å². The highest BCUT2D eigenvalue weighted by Crippen LogP contribution is 2.54. The van der Waals surface area contributed by atoms with Crippen molar-refractivity contribution in [1.29, 1.82) is 0 Å². The molecule has 8 nitrogen and oxygen atoms in total. The standard InChI is InChI=1S/C30H28Cl2F2N2O6/c1-4-41-28(39)29(2,3)42-25-10-6-16(31)11-19(25)22-14-26(38)36-27(20-13-18(33)7-9-23(20)34)30(22,40)21-8-5-17(32)12-24(21)35-15-37/h5-13,15,22,27,40H,4,14H2,1-3H3,(H,35,37)(H,36,38)/t22-,27+,30-/m1/s1. The van der Waals surface area contributed by atoms with Gasteiger partial charge in [-0.15, -0.1) is 0 Å². The van der Waals surface area contributed by atoms with Crippen LogP contribution in [0.15, 0.2) is 54.6 Å². The number of benzene rings is 3. The quantitative estimate of drug-likeness (QED) is 0.206. The second-order valence-electron chi connectivity index (χ2n) is 10.2. The van der Waals surface area contributed by atoms with Gasteiger partial charge in [-0.25, -0.2) is 13.6 Å².